The van der Waals surface area contributed by atoms with Crippen molar-refractivity contribution in [3.05, 3.63) is 23.8 Å². The molecule has 1 saturated heterocycles. The van der Waals surface area contributed by atoms with Crippen molar-refractivity contribution in [1.82, 2.24) is 4.90 Å². The Hall–Kier alpha value is -2.24. The summed E-state index contributed by atoms with van der Waals surface area (Å²) in [5.74, 6) is 0.380. The Morgan fingerprint density at radius 2 is 1.67 bits per heavy atom. The highest BCUT2D eigenvalue weighted by molar-refractivity contribution is 5.99. The third kappa shape index (κ3) is 3.09. The van der Waals surface area contributed by atoms with Gasteiger partial charge >= 0.3 is 0 Å². The molecule has 1 aliphatic rings. The fourth-order valence-corrected chi connectivity index (χ4v) is 2.59. The molecule has 0 spiro atoms. The Bertz CT molecular complexity index is 514. The zero-order valence-corrected chi connectivity index (χ0v) is 12.3. The Balaban J connectivity index is 2.19. The van der Waals surface area contributed by atoms with Crippen LogP contribution < -0.4 is 15.2 Å². The standard InChI is InChI=1S/C15H20N2O4/c1-20-11-4-3-5-12(21-2)13(11)15(19)17-8-6-10(7-9-17)14(16)18/h3-5,10H,6-9H2,1-2H3,(H2,16,18). The molecule has 6 nitrogen and oxygen atoms in total. The number of carbonyl (C=O) groups is 2. The molecule has 1 aliphatic heterocycles. The van der Waals surface area contributed by atoms with Crippen LogP contribution in [0.1, 0.15) is 23.2 Å². The van der Waals surface area contributed by atoms with Crippen LogP contribution in [0.15, 0.2) is 18.2 Å². The predicted molar refractivity (Wildman–Crippen MR) is 77.4 cm³/mol. The number of primary amides is 1. The number of rotatable bonds is 4. The fourth-order valence-electron chi connectivity index (χ4n) is 2.59. The molecule has 1 fully saturated rings. The van der Waals surface area contributed by atoms with Gasteiger partial charge in [0.25, 0.3) is 5.91 Å². The monoisotopic (exact) mass is 292 g/mol. The highest BCUT2D eigenvalue weighted by Crippen LogP contribution is 2.30. The Kier molecular flexibility index (Phi) is 4.67. The van der Waals surface area contributed by atoms with Crippen molar-refractivity contribution in [2.24, 2.45) is 11.7 Å². The van der Waals surface area contributed by atoms with E-state index in [4.69, 9.17) is 15.2 Å². The number of nitrogens with zero attached hydrogens (tertiary/aromatic N) is 1. The summed E-state index contributed by atoms with van der Waals surface area (Å²) in [5.41, 5.74) is 5.73. The number of ether oxygens (including phenoxy) is 2. The normalized spacial score (nSPS) is 15.6. The van der Waals surface area contributed by atoms with Gasteiger partial charge in [0.15, 0.2) is 0 Å². The highest BCUT2D eigenvalue weighted by atomic mass is 16.5. The Morgan fingerprint density at radius 3 is 2.10 bits per heavy atom. The molecular formula is C15H20N2O4. The van der Waals surface area contributed by atoms with E-state index in [1.807, 2.05) is 0 Å². The van der Waals surface area contributed by atoms with E-state index in [2.05, 4.69) is 0 Å². The molecule has 0 saturated carbocycles. The second-order valence-corrected chi connectivity index (χ2v) is 5.01. The summed E-state index contributed by atoms with van der Waals surface area (Å²) in [4.78, 5) is 25.6. The average Bonchev–Trinajstić information content (AvgIpc) is 2.53. The smallest absolute Gasteiger partial charge is 0.261 e. The van der Waals surface area contributed by atoms with E-state index in [0.717, 1.165) is 0 Å². The number of methoxy groups -OCH3 is 2. The van der Waals surface area contributed by atoms with Crippen LogP contribution >= 0.6 is 0 Å². The Morgan fingerprint density at radius 1 is 1.14 bits per heavy atom. The summed E-state index contributed by atoms with van der Waals surface area (Å²) in [5, 5.41) is 0. The van der Waals surface area contributed by atoms with Crippen LogP contribution in [0.3, 0.4) is 0 Å². The van der Waals surface area contributed by atoms with E-state index in [1.165, 1.54) is 14.2 Å². The van der Waals surface area contributed by atoms with Crippen LogP contribution in [0.25, 0.3) is 0 Å². The molecule has 1 heterocycles. The summed E-state index contributed by atoms with van der Waals surface area (Å²) >= 11 is 0. The van der Waals surface area contributed by atoms with Crippen LogP contribution in [0, 0.1) is 5.92 Å². The maximum atomic E-state index is 12.7. The SMILES string of the molecule is COc1cccc(OC)c1C(=O)N1CCC(C(N)=O)CC1. The zero-order chi connectivity index (χ0) is 15.4. The van der Waals surface area contributed by atoms with E-state index in [0.29, 0.717) is 43.0 Å². The van der Waals surface area contributed by atoms with E-state index in [9.17, 15) is 9.59 Å². The number of benzene rings is 1. The lowest BCUT2D eigenvalue weighted by Crippen LogP contribution is -2.41. The van der Waals surface area contributed by atoms with E-state index >= 15 is 0 Å². The van der Waals surface area contributed by atoms with Gasteiger partial charge in [-0.3, -0.25) is 9.59 Å². The molecule has 0 aliphatic carbocycles. The molecule has 0 atom stereocenters. The van der Waals surface area contributed by atoms with Gasteiger partial charge in [-0.2, -0.15) is 0 Å². The lowest BCUT2D eigenvalue weighted by Gasteiger charge is -2.31. The minimum Gasteiger partial charge on any atom is -0.496 e. The van der Waals surface area contributed by atoms with E-state index in [1.54, 1.807) is 23.1 Å². The largest absolute Gasteiger partial charge is 0.496 e. The molecule has 0 aromatic heterocycles. The maximum Gasteiger partial charge on any atom is 0.261 e. The van der Waals surface area contributed by atoms with Crippen molar-refractivity contribution in [2.45, 2.75) is 12.8 Å². The molecular weight excluding hydrogens is 272 g/mol. The number of hydrogen-bond donors (Lipinski definition) is 1. The van der Waals surface area contributed by atoms with Gasteiger partial charge in [0.05, 0.1) is 14.2 Å². The molecule has 1 aromatic carbocycles. The maximum absolute atomic E-state index is 12.7. The molecule has 21 heavy (non-hydrogen) atoms. The van der Waals surface area contributed by atoms with Gasteiger partial charge in [0.1, 0.15) is 17.1 Å². The quantitative estimate of drug-likeness (QED) is 0.899. The first-order valence-electron chi connectivity index (χ1n) is 6.88. The van der Waals surface area contributed by atoms with E-state index in [-0.39, 0.29) is 17.7 Å². The average molecular weight is 292 g/mol. The molecule has 1 aromatic rings. The molecule has 6 heteroatoms. The van der Waals surface area contributed by atoms with Crippen LogP contribution in [0.4, 0.5) is 0 Å². The van der Waals surface area contributed by atoms with Crippen molar-refractivity contribution in [3.8, 4) is 11.5 Å². The van der Waals surface area contributed by atoms with Crippen molar-refractivity contribution >= 4 is 11.8 Å². The number of hydrogen-bond acceptors (Lipinski definition) is 4. The second kappa shape index (κ2) is 6.47. The van der Waals surface area contributed by atoms with Crippen molar-refractivity contribution < 1.29 is 19.1 Å². The minimum atomic E-state index is -0.294. The topological polar surface area (TPSA) is 81.9 Å². The fraction of sp³-hybridized carbons (Fsp3) is 0.467. The first-order chi connectivity index (χ1) is 10.1. The summed E-state index contributed by atoms with van der Waals surface area (Å²) < 4.78 is 10.5. The van der Waals surface area contributed by atoms with Crippen molar-refractivity contribution in [1.29, 1.82) is 0 Å². The van der Waals surface area contributed by atoms with Crippen molar-refractivity contribution in [2.75, 3.05) is 27.3 Å². The summed E-state index contributed by atoms with van der Waals surface area (Å²) in [6, 6.07) is 5.23. The first kappa shape index (κ1) is 15.2. The number of piperidine rings is 1. The van der Waals surface area contributed by atoms with Gasteiger partial charge in [0, 0.05) is 19.0 Å². The van der Waals surface area contributed by atoms with Crippen molar-refractivity contribution in [3.63, 3.8) is 0 Å². The molecule has 114 valence electrons. The Labute approximate surface area is 123 Å². The minimum absolute atomic E-state index is 0.145. The van der Waals surface area contributed by atoms with Gasteiger partial charge < -0.3 is 20.1 Å². The third-order valence-electron chi connectivity index (χ3n) is 3.83. The molecule has 0 unspecified atom stereocenters. The molecule has 0 radical (unpaired) electrons. The summed E-state index contributed by atoms with van der Waals surface area (Å²) in [6.45, 7) is 1.02. The second-order valence-electron chi connectivity index (χ2n) is 5.01. The third-order valence-corrected chi connectivity index (χ3v) is 3.83. The van der Waals surface area contributed by atoms with Crippen LogP contribution in [0.2, 0.25) is 0 Å². The van der Waals surface area contributed by atoms with Crippen LogP contribution in [-0.4, -0.2) is 44.0 Å². The number of nitrogens with two attached hydrogens (primary N) is 1. The van der Waals surface area contributed by atoms with Crippen LogP contribution in [-0.2, 0) is 4.79 Å². The lowest BCUT2D eigenvalue weighted by molar-refractivity contribution is -0.123. The molecule has 0 bridgehead atoms. The van der Waals surface area contributed by atoms with E-state index < -0.39 is 0 Å². The number of amides is 2. The molecule has 2 amide bonds. The number of likely N-dealkylation sites (tertiary alicyclic amines) is 1. The molecule has 2 N–H and O–H groups in total. The summed E-state index contributed by atoms with van der Waals surface area (Å²) in [6.07, 6.45) is 1.19. The lowest BCUT2D eigenvalue weighted by atomic mass is 9.95. The van der Waals surface area contributed by atoms with Crippen LogP contribution in [0.5, 0.6) is 11.5 Å². The zero-order valence-electron chi connectivity index (χ0n) is 12.3. The highest BCUT2D eigenvalue weighted by Gasteiger charge is 2.29. The van der Waals surface area contributed by atoms with Gasteiger partial charge in [-0.1, -0.05) is 6.07 Å². The number of carbonyl (C=O) groups excluding carboxylic acids is 2. The summed E-state index contributed by atoms with van der Waals surface area (Å²) in [7, 11) is 3.04. The van der Waals surface area contributed by atoms with Gasteiger partial charge in [-0.15, -0.1) is 0 Å². The van der Waals surface area contributed by atoms with Gasteiger partial charge in [-0.05, 0) is 25.0 Å². The molecule has 2 rings (SSSR count). The first-order valence-corrected chi connectivity index (χ1v) is 6.88. The predicted octanol–water partition coefficient (Wildman–Crippen LogP) is 1.04. The van der Waals surface area contributed by atoms with Gasteiger partial charge in [-0.25, -0.2) is 0 Å². The van der Waals surface area contributed by atoms with Gasteiger partial charge in [0.2, 0.25) is 5.91 Å².